The van der Waals surface area contributed by atoms with E-state index < -0.39 is 15.9 Å². The summed E-state index contributed by atoms with van der Waals surface area (Å²) in [6, 6.07) is 8.97. The third-order valence-electron chi connectivity index (χ3n) is 5.42. The lowest BCUT2D eigenvalue weighted by Crippen LogP contribution is -2.42. The number of anilines is 2. The molecule has 1 heterocycles. The molecule has 33 heavy (non-hydrogen) atoms. The fourth-order valence-electron chi connectivity index (χ4n) is 4.05. The summed E-state index contributed by atoms with van der Waals surface area (Å²) in [5.41, 5.74) is 0.970. The van der Waals surface area contributed by atoms with E-state index >= 15 is 0 Å². The molecule has 2 N–H and O–H groups in total. The van der Waals surface area contributed by atoms with Crippen LogP contribution in [0.5, 0.6) is 5.75 Å². The Hall–Kier alpha value is -2.62. The van der Waals surface area contributed by atoms with Gasteiger partial charge in [0.1, 0.15) is 10.6 Å². The average Bonchev–Trinajstić information content (AvgIpc) is 2.74. The summed E-state index contributed by atoms with van der Waals surface area (Å²) >= 11 is 6.24. The third-order valence-corrected chi connectivity index (χ3v) is 7.58. The van der Waals surface area contributed by atoms with Crippen molar-refractivity contribution in [2.45, 2.75) is 32.1 Å². The molecular weight excluding hydrogens is 466 g/mol. The molecule has 0 bridgehead atoms. The van der Waals surface area contributed by atoms with E-state index in [1.807, 2.05) is 13.8 Å². The van der Waals surface area contributed by atoms with E-state index in [0.717, 1.165) is 6.42 Å². The van der Waals surface area contributed by atoms with Crippen LogP contribution in [-0.4, -0.2) is 44.7 Å². The van der Waals surface area contributed by atoms with Crippen LogP contribution in [0.1, 0.15) is 37.6 Å². The minimum Gasteiger partial charge on any atom is -0.495 e. The second-order valence-electron chi connectivity index (χ2n) is 8.46. The quantitative estimate of drug-likeness (QED) is 0.626. The smallest absolute Gasteiger partial charge is 0.255 e. The number of rotatable bonds is 6. The predicted octanol–water partition coefficient (Wildman–Crippen LogP) is 4.23. The topological polar surface area (TPSA) is 105 Å². The van der Waals surface area contributed by atoms with Gasteiger partial charge in [0.2, 0.25) is 15.9 Å². The Labute approximate surface area is 199 Å². The average molecular weight is 494 g/mol. The van der Waals surface area contributed by atoms with Crippen molar-refractivity contribution in [3.05, 3.63) is 47.0 Å². The van der Waals surface area contributed by atoms with Gasteiger partial charge in [0, 0.05) is 31.3 Å². The van der Waals surface area contributed by atoms with Crippen LogP contribution in [0.4, 0.5) is 11.4 Å². The minimum atomic E-state index is -3.86. The van der Waals surface area contributed by atoms with Gasteiger partial charge in [-0.25, -0.2) is 8.42 Å². The number of sulfonamides is 1. The molecule has 0 saturated carbocycles. The van der Waals surface area contributed by atoms with E-state index in [1.54, 1.807) is 12.1 Å². The molecule has 3 rings (SSSR count). The maximum absolute atomic E-state index is 13.4. The Morgan fingerprint density at radius 3 is 2.30 bits per heavy atom. The van der Waals surface area contributed by atoms with Crippen molar-refractivity contribution in [2.24, 2.45) is 11.8 Å². The van der Waals surface area contributed by atoms with Crippen LogP contribution in [-0.2, 0) is 14.8 Å². The molecule has 1 saturated heterocycles. The molecule has 0 spiro atoms. The maximum atomic E-state index is 13.4. The lowest BCUT2D eigenvalue weighted by Gasteiger charge is -2.34. The standard InChI is InChI=1S/C23H28ClN3O5S/c1-14-9-15(2)13-27(12-14)33(30,31)22-10-17(5-8-21(22)32-4)23(29)26-20-7-6-18(11-19(20)24)25-16(3)28/h5-8,10-11,14-15H,9,12-13H2,1-4H3,(H,25,28)(H,26,29). The summed E-state index contributed by atoms with van der Waals surface area (Å²) in [7, 11) is -2.47. The van der Waals surface area contributed by atoms with Gasteiger partial charge in [-0.05, 0) is 54.7 Å². The van der Waals surface area contributed by atoms with E-state index in [0.29, 0.717) is 24.5 Å². The number of nitrogens with zero attached hydrogens (tertiary/aromatic N) is 1. The molecule has 178 valence electrons. The number of piperidine rings is 1. The first-order valence-corrected chi connectivity index (χ1v) is 12.4. The van der Waals surface area contributed by atoms with E-state index in [-0.39, 0.29) is 39.0 Å². The Kier molecular flexibility index (Phi) is 7.66. The van der Waals surface area contributed by atoms with Crippen molar-refractivity contribution in [2.75, 3.05) is 30.8 Å². The highest BCUT2D eigenvalue weighted by Crippen LogP contribution is 2.32. The summed E-state index contributed by atoms with van der Waals surface area (Å²) in [5, 5.41) is 5.52. The van der Waals surface area contributed by atoms with Crippen molar-refractivity contribution in [3.8, 4) is 5.75 Å². The molecule has 0 aromatic heterocycles. The van der Waals surface area contributed by atoms with Crippen LogP contribution in [0.25, 0.3) is 0 Å². The molecule has 2 atom stereocenters. The second kappa shape index (κ2) is 10.1. The number of hydrogen-bond donors (Lipinski definition) is 2. The van der Waals surface area contributed by atoms with E-state index in [4.69, 9.17) is 16.3 Å². The normalized spacial score (nSPS) is 19.1. The van der Waals surface area contributed by atoms with Crippen LogP contribution in [0, 0.1) is 11.8 Å². The highest BCUT2D eigenvalue weighted by Gasteiger charge is 2.34. The molecular formula is C23H28ClN3O5S. The van der Waals surface area contributed by atoms with E-state index in [9.17, 15) is 18.0 Å². The number of amides is 2. The number of halogens is 1. The first-order chi connectivity index (χ1) is 15.5. The molecule has 1 aliphatic heterocycles. The third kappa shape index (κ3) is 5.85. The molecule has 0 aliphatic carbocycles. The Morgan fingerprint density at radius 2 is 1.73 bits per heavy atom. The fourth-order valence-corrected chi connectivity index (χ4v) is 6.14. The lowest BCUT2D eigenvalue weighted by atomic mass is 9.94. The highest BCUT2D eigenvalue weighted by molar-refractivity contribution is 7.89. The lowest BCUT2D eigenvalue weighted by molar-refractivity contribution is -0.114. The fraction of sp³-hybridized carbons (Fsp3) is 0.391. The highest BCUT2D eigenvalue weighted by atomic mass is 35.5. The Bertz CT molecular complexity index is 1160. The van der Waals surface area contributed by atoms with Crippen molar-refractivity contribution < 1.29 is 22.7 Å². The molecule has 8 nitrogen and oxygen atoms in total. The first kappa shape index (κ1) is 25.0. The molecule has 0 radical (unpaired) electrons. The zero-order chi connectivity index (χ0) is 24.3. The number of hydrogen-bond acceptors (Lipinski definition) is 5. The molecule has 10 heteroatoms. The van der Waals surface area contributed by atoms with Crippen molar-refractivity contribution in [1.82, 2.24) is 4.31 Å². The molecule has 2 aromatic carbocycles. The van der Waals surface area contributed by atoms with Crippen LogP contribution in [0.15, 0.2) is 41.3 Å². The van der Waals surface area contributed by atoms with Gasteiger partial charge in [0.15, 0.2) is 0 Å². The minimum absolute atomic E-state index is 0.0500. The summed E-state index contributed by atoms with van der Waals surface area (Å²) in [4.78, 5) is 24.1. The Balaban J connectivity index is 1.89. The number of carbonyl (C=O) groups is 2. The van der Waals surface area contributed by atoms with Crippen LogP contribution in [0.2, 0.25) is 5.02 Å². The molecule has 2 amide bonds. The monoisotopic (exact) mass is 493 g/mol. The van der Waals surface area contributed by atoms with Crippen LogP contribution >= 0.6 is 11.6 Å². The molecule has 2 aromatic rings. The predicted molar refractivity (Wildman–Crippen MR) is 128 cm³/mol. The SMILES string of the molecule is COc1ccc(C(=O)Nc2ccc(NC(C)=O)cc2Cl)cc1S(=O)(=O)N1CC(C)CC(C)C1. The number of ether oxygens (including phenoxy) is 1. The second-order valence-corrected chi connectivity index (χ2v) is 10.8. The maximum Gasteiger partial charge on any atom is 0.255 e. The van der Waals surface area contributed by atoms with Crippen molar-refractivity contribution >= 4 is 44.8 Å². The van der Waals surface area contributed by atoms with E-state index in [1.165, 1.54) is 42.6 Å². The summed E-state index contributed by atoms with van der Waals surface area (Å²) < 4.78 is 33.6. The van der Waals surface area contributed by atoms with Crippen molar-refractivity contribution in [3.63, 3.8) is 0 Å². The van der Waals surface area contributed by atoms with Gasteiger partial charge in [-0.2, -0.15) is 4.31 Å². The van der Waals surface area contributed by atoms with Gasteiger partial charge in [0.25, 0.3) is 5.91 Å². The zero-order valence-corrected chi connectivity index (χ0v) is 20.6. The van der Waals surface area contributed by atoms with Crippen LogP contribution < -0.4 is 15.4 Å². The van der Waals surface area contributed by atoms with Gasteiger partial charge in [0.05, 0.1) is 17.8 Å². The van der Waals surface area contributed by atoms with Crippen molar-refractivity contribution in [1.29, 1.82) is 0 Å². The van der Waals surface area contributed by atoms with Gasteiger partial charge in [-0.3, -0.25) is 9.59 Å². The zero-order valence-electron chi connectivity index (χ0n) is 19.0. The number of nitrogens with one attached hydrogen (secondary N) is 2. The van der Waals surface area contributed by atoms with Gasteiger partial charge in [-0.1, -0.05) is 25.4 Å². The van der Waals surface area contributed by atoms with E-state index in [2.05, 4.69) is 10.6 Å². The molecule has 1 aliphatic rings. The molecule has 2 unspecified atom stereocenters. The largest absolute Gasteiger partial charge is 0.495 e. The first-order valence-electron chi connectivity index (χ1n) is 10.6. The number of carbonyl (C=O) groups excluding carboxylic acids is 2. The van der Waals surface area contributed by atoms with Gasteiger partial charge < -0.3 is 15.4 Å². The van der Waals surface area contributed by atoms with Crippen LogP contribution in [0.3, 0.4) is 0 Å². The van der Waals surface area contributed by atoms with Gasteiger partial charge >= 0.3 is 0 Å². The number of methoxy groups -OCH3 is 1. The number of benzene rings is 2. The Morgan fingerprint density at radius 1 is 1.06 bits per heavy atom. The summed E-state index contributed by atoms with van der Waals surface area (Å²) in [5.74, 6) is -0.113. The summed E-state index contributed by atoms with van der Waals surface area (Å²) in [6.07, 6.45) is 0.965. The molecule has 1 fully saturated rings. The van der Waals surface area contributed by atoms with Gasteiger partial charge in [-0.15, -0.1) is 0 Å². The summed E-state index contributed by atoms with van der Waals surface area (Å²) in [6.45, 7) is 6.27.